The minimum Gasteiger partial charge on any atom is -0.476 e. The standard InChI is InChI=1S/C10H6ClNO2S.C8H7F4N/c11-7-3-1-6(2-4-7)8-5-15-9(12-8)10(13)14;9-7-2-5(4-13)1-6(3-7)8(10,11)12/h1-5H,(H,13,14);1-3H,4,13H2. The maximum absolute atomic E-state index is 12.6. The lowest BCUT2D eigenvalue weighted by atomic mass is 10.1. The van der Waals surface area contributed by atoms with E-state index in [4.69, 9.17) is 22.4 Å². The van der Waals surface area contributed by atoms with Crippen molar-refractivity contribution < 1.29 is 27.5 Å². The van der Waals surface area contributed by atoms with Crippen LogP contribution in [0, 0.1) is 5.82 Å². The molecule has 3 aromatic rings. The van der Waals surface area contributed by atoms with Gasteiger partial charge in [-0.25, -0.2) is 14.2 Å². The van der Waals surface area contributed by atoms with Gasteiger partial charge in [-0.15, -0.1) is 11.3 Å². The lowest BCUT2D eigenvalue weighted by Gasteiger charge is -2.07. The maximum atomic E-state index is 12.6. The number of carboxylic acids is 1. The molecule has 10 heteroatoms. The molecule has 0 unspecified atom stereocenters. The second-order valence-electron chi connectivity index (χ2n) is 5.40. The highest BCUT2D eigenvalue weighted by Crippen LogP contribution is 2.30. The Morgan fingerprint density at radius 1 is 1.18 bits per heavy atom. The average molecular weight is 433 g/mol. The molecule has 3 N–H and O–H groups in total. The Morgan fingerprint density at radius 3 is 2.32 bits per heavy atom. The topological polar surface area (TPSA) is 76.2 Å². The molecule has 0 radical (unpaired) electrons. The molecule has 0 aliphatic heterocycles. The van der Waals surface area contributed by atoms with Crippen LogP contribution in [-0.4, -0.2) is 16.1 Å². The summed E-state index contributed by atoms with van der Waals surface area (Å²) in [6.45, 7) is -0.110. The number of benzene rings is 2. The Labute approximate surface area is 166 Å². The molecule has 3 rings (SSSR count). The fourth-order valence-corrected chi connectivity index (χ4v) is 2.85. The van der Waals surface area contributed by atoms with Crippen LogP contribution < -0.4 is 5.73 Å². The molecular formula is C18H13ClF4N2O2S. The van der Waals surface area contributed by atoms with Crippen molar-refractivity contribution in [1.82, 2.24) is 4.98 Å². The summed E-state index contributed by atoms with van der Waals surface area (Å²) in [6.07, 6.45) is -4.52. The summed E-state index contributed by atoms with van der Waals surface area (Å²) in [7, 11) is 0. The Bertz CT molecular complexity index is 959. The zero-order chi connectivity index (χ0) is 20.9. The summed E-state index contributed by atoms with van der Waals surface area (Å²) < 4.78 is 48.8. The SMILES string of the molecule is NCc1cc(F)cc(C(F)(F)F)c1.O=C(O)c1nc(-c2ccc(Cl)cc2)cs1. The van der Waals surface area contributed by atoms with Crippen LogP contribution in [0.4, 0.5) is 17.6 Å². The van der Waals surface area contributed by atoms with Gasteiger partial charge < -0.3 is 10.8 Å². The van der Waals surface area contributed by atoms with Gasteiger partial charge in [0, 0.05) is 22.5 Å². The first kappa shape index (κ1) is 21.8. The number of nitrogens with two attached hydrogens (primary N) is 1. The smallest absolute Gasteiger partial charge is 0.416 e. The molecule has 28 heavy (non-hydrogen) atoms. The maximum Gasteiger partial charge on any atom is 0.416 e. The summed E-state index contributed by atoms with van der Waals surface area (Å²) in [5.41, 5.74) is 5.75. The van der Waals surface area contributed by atoms with Crippen LogP contribution in [-0.2, 0) is 12.7 Å². The van der Waals surface area contributed by atoms with Crippen LogP contribution in [0.2, 0.25) is 5.02 Å². The molecule has 1 aromatic heterocycles. The summed E-state index contributed by atoms with van der Waals surface area (Å²) in [5, 5.41) is 11.2. The number of nitrogens with zero attached hydrogens (tertiary/aromatic N) is 1. The minimum atomic E-state index is -4.52. The summed E-state index contributed by atoms with van der Waals surface area (Å²) in [5.74, 6) is -1.92. The van der Waals surface area contributed by atoms with Gasteiger partial charge in [-0.05, 0) is 35.9 Å². The van der Waals surface area contributed by atoms with Crippen molar-refractivity contribution in [3.63, 3.8) is 0 Å². The van der Waals surface area contributed by atoms with E-state index in [1.54, 1.807) is 17.5 Å². The van der Waals surface area contributed by atoms with Gasteiger partial charge in [0.2, 0.25) is 5.01 Å². The monoisotopic (exact) mass is 432 g/mol. The molecule has 0 aliphatic rings. The molecule has 0 amide bonds. The van der Waals surface area contributed by atoms with Gasteiger partial charge in [0.05, 0.1) is 11.3 Å². The van der Waals surface area contributed by atoms with Crippen LogP contribution in [0.25, 0.3) is 11.3 Å². The van der Waals surface area contributed by atoms with Crippen molar-refractivity contribution in [3.05, 3.63) is 74.8 Å². The molecule has 0 atom stereocenters. The van der Waals surface area contributed by atoms with E-state index in [1.165, 1.54) is 0 Å². The van der Waals surface area contributed by atoms with Crippen LogP contribution >= 0.6 is 22.9 Å². The fraction of sp³-hybridized carbons (Fsp3) is 0.111. The Kier molecular flexibility index (Phi) is 7.11. The van der Waals surface area contributed by atoms with Crippen molar-refractivity contribution in [2.75, 3.05) is 0 Å². The zero-order valence-corrected chi connectivity index (χ0v) is 15.6. The van der Waals surface area contributed by atoms with Gasteiger partial charge in [-0.3, -0.25) is 0 Å². The largest absolute Gasteiger partial charge is 0.476 e. The molecule has 2 aromatic carbocycles. The molecule has 0 aliphatic carbocycles. The molecule has 0 fully saturated rings. The normalized spacial score (nSPS) is 10.9. The molecule has 0 spiro atoms. The van der Waals surface area contributed by atoms with Gasteiger partial charge >= 0.3 is 12.1 Å². The predicted octanol–water partition coefficient (Wildman–Crippen LogP) is 5.46. The van der Waals surface area contributed by atoms with Gasteiger partial charge in [-0.1, -0.05) is 23.7 Å². The van der Waals surface area contributed by atoms with Crippen molar-refractivity contribution >= 4 is 28.9 Å². The van der Waals surface area contributed by atoms with E-state index >= 15 is 0 Å². The Balaban J connectivity index is 0.000000203. The molecular weight excluding hydrogens is 420 g/mol. The highest BCUT2D eigenvalue weighted by Gasteiger charge is 2.31. The summed E-state index contributed by atoms with van der Waals surface area (Å²) in [6, 6.07) is 9.37. The van der Waals surface area contributed by atoms with E-state index in [-0.39, 0.29) is 17.1 Å². The number of rotatable bonds is 3. The summed E-state index contributed by atoms with van der Waals surface area (Å²) in [4.78, 5) is 14.6. The quantitative estimate of drug-likeness (QED) is 0.538. The number of carbonyl (C=O) groups is 1. The van der Waals surface area contributed by atoms with E-state index in [2.05, 4.69) is 4.98 Å². The molecule has 148 valence electrons. The number of hydrogen-bond acceptors (Lipinski definition) is 4. The number of carboxylic acid groups (broad SMARTS) is 1. The van der Waals surface area contributed by atoms with Crippen LogP contribution in [0.15, 0.2) is 47.8 Å². The molecule has 1 heterocycles. The van der Waals surface area contributed by atoms with Crippen molar-refractivity contribution in [3.8, 4) is 11.3 Å². The van der Waals surface area contributed by atoms with Crippen molar-refractivity contribution in [2.24, 2.45) is 5.73 Å². The number of hydrogen-bond donors (Lipinski definition) is 2. The van der Waals surface area contributed by atoms with Crippen molar-refractivity contribution in [1.29, 1.82) is 0 Å². The van der Waals surface area contributed by atoms with Crippen LogP contribution in [0.3, 0.4) is 0 Å². The number of alkyl halides is 3. The van der Waals surface area contributed by atoms with Gasteiger partial charge in [0.25, 0.3) is 0 Å². The predicted molar refractivity (Wildman–Crippen MR) is 98.8 cm³/mol. The Hall–Kier alpha value is -2.49. The molecule has 4 nitrogen and oxygen atoms in total. The number of thiazole rings is 1. The molecule has 0 saturated carbocycles. The van der Waals surface area contributed by atoms with E-state index < -0.39 is 23.5 Å². The Morgan fingerprint density at radius 2 is 1.82 bits per heavy atom. The fourth-order valence-electron chi connectivity index (χ4n) is 2.06. The number of aromatic carboxylic acids is 1. The van der Waals surface area contributed by atoms with Gasteiger partial charge in [0.15, 0.2) is 0 Å². The first-order valence-electron chi connectivity index (χ1n) is 7.61. The number of aromatic nitrogens is 1. The van der Waals surface area contributed by atoms with E-state index in [0.717, 1.165) is 29.0 Å². The van der Waals surface area contributed by atoms with E-state index in [0.29, 0.717) is 16.8 Å². The van der Waals surface area contributed by atoms with Crippen molar-refractivity contribution in [2.45, 2.75) is 12.7 Å². The second-order valence-corrected chi connectivity index (χ2v) is 6.69. The lowest BCUT2D eigenvalue weighted by molar-refractivity contribution is -0.137. The minimum absolute atomic E-state index is 0.0972. The molecule has 0 bridgehead atoms. The first-order valence-corrected chi connectivity index (χ1v) is 8.87. The third-order valence-corrected chi connectivity index (χ3v) is 4.43. The highest BCUT2D eigenvalue weighted by atomic mass is 35.5. The summed E-state index contributed by atoms with van der Waals surface area (Å²) >= 11 is 6.86. The van der Waals surface area contributed by atoms with Crippen LogP contribution in [0.5, 0.6) is 0 Å². The van der Waals surface area contributed by atoms with Crippen LogP contribution in [0.1, 0.15) is 20.9 Å². The molecule has 0 saturated heterocycles. The third kappa shape index (κ3) is 6.01. The average Bonchev–Trinajstić information content (AvgIpc) is 3.12. The van der Waals surface area contributed by atoms with Gasteiger partial charge in [-0.2, -0.15) is 13.2 Å². The van der Waals surface area contributed by atoms with Gasteiger partial charge in [0.1, 0.15) is 5.82 Å². The number of halogens is 5. The third-order valence-electron chi connectivity index (χ3n) is 3.35. The van der Waals surface area contributed by atoms with E-state index in [9.17, 15) is 22.4 Å². The lowest BCUT2D eigenvalue weighted by Crippen LogP contribution is -2.07. The second kappa shape index (κ2) is 9.13. The van der Waals surface area contributed by atoms with E-state index in [1.807, 2.05) is 12.1 Å². The first-order chi connectivity index (χ1) is 13.1. The highest BCUT2D eigenvalue weighted by molar-refractivity contribution is 7.11. The zero-order valence-electron chi connectivity index (χ0n) is 14.0.